The summed E-state index contributed by atoms with van der Waals surface area (Å²) in [5.74, 6) is -1.36. The van der Waals surface area contributed by atoms with Crippen molar-refractivity contribution in [2.24, 2.45) is 0 Å². The zero-order valence-electron chi connectivity index (χ0n) is 18.0. The van der Waals surface area contributed by atoms with Gasteiger partial charge in [-0.05, 0) is 52.5 Å². The van der Waals surface area contributed by atoms with Crippen LogP contribution in [-0.4, -0.2) is 59.5 Å². The van der Waals surface area contributed by atoms with Crippen LogP contribution < -0.4 is 0 Å². The number of hydrogen-bond donors (Lipinski definition) is 0. The molecule has 5 heterocycles. The minimum atomic E-state index is -0.692. The molecule has 5 fully saturated rings. The Morgan fingerprint density at radius 1 is 0.867 bits per heavy atom. The quantitative estimate of drug-likeness (QED) is 0.748. The zero-order valence-corrected chi connectivity index (χ0v) is 18.0. The van der Waals surface area contributed by atoms with Gasteiger partial charge in [0.2, 0.25) is 0 Å². The zero-order chi connectivity index (χ0) is 20.7. The number of hydroxylamine groups is 2. The van der Waals surface area contributed by atoms with Crippen LogP contribution in [-0.2, 0) is 28.5 Å². The number of piperidine rings is 1. The first-order valence-electron chi connectivity index (χ1n) is 11.1. The molecular weight excluding hydrogens is 386 g/mol. The molecule has 0 aliphatic carbocycles. The van der Waals surface area contributed by atoms with Gasteiger partial charge in [0.05, 0.1) is 18.2 Å². The minimum absolute atomic E-state index is 0.139. The van der Waals surface area contributed by atoms with Crippen LogP contribution in [0, 0.1) is 0 Å². The average Bonchev–Trinajstić information content (AvgIpc) is 3.42. The summed E-state index contributed by atoms with van der Waals surface area (Å²) >= 11 is 0. The summed E-state index contributed by atoms with van der Waals surface area (Å²) in [6.07, 6.45) is 1.89. The standard InChI is InChI=1S/C23H31NO6/c1-22(2)26-18-17(25-21-20(19(18)27-22)28-23(3,4)29-21)11-14-10-15-12-16(24(14)30-15)13-8-6-5-7-9-13/h5-9,14-21H,10-12H2,1-4H3/t14-,15-,16+,17-,18+,19+,20-,21-/m1/s1. The monoisotopic (exact) mass is 417 g/mol. The molecule has 2 bridgehead atoms. The van der Waals surface area contributed by atoms with Crippen molar-refractivity contribution in [3.63, 3.8) is 0 Å². The van der Waals surface area contributed by atoms with E-state index in [9.17, 15) is 0 Å². The first-order chi connectivity index (χ1) is 14.3. The fourth-order valence-corrected chi connectivity index (χ4v) is 5.84. The van der Waals surface area contributed by atoms with Crippen molar-refractivity contribution < 1.29 is 28.5 Å². The number of hydrogen-bond acceptors (Lipinski definition) is 7. The van der Waals surface area contributed by atoms with Crippen molar-refractivity contribution in [2.45, 2.75) is 107 Å². The lowest BCUT2D eigenvalue weighted by molar-refractivity contribution is -0.241. The molecule has 0 spiro atoms. The normalized spacial score (nSPS) is 47.9. The van der Waals surface area contributed by atoms with Crippen LogP contribution in [0.2, 0.25) is 0 Å². The summed E-state index contributed by atoms with van der Waals surface area (Å²) in [5, 5.41) is 2.20. The largest absolute Gasteiger partial charge is 0.344 e. The molecule has 5 aliphatic heterocycles. The molecule has 30 heavy (non-hydrogen) atoms. The third-order valence-electron chi connectivity index (χ3n) is 6.90. The van der Waals surface area contributed by atoms with Crippen molar-refractivity contribution in [1.29, 1.82) is 0 Å². The van der Waals surface area contributed by atoms with Gasteiger partial charge in [0.25, 0.3) is 0 Å². The van der Waals surface area contributed by atoms with Crippen LogP contribution in [0.4, 0.5) is 0 Å². The lowest BCUT2D eigenvalue weighted by atomic mass is 9.88. The van der Waals surface area contributed by atoms with E-state index in [1.807, 2.05) is 27.7 Å². The second-order valence-corrected chi connectivity index (χ2v) is 10.1. The second kappa shape index (κ2) is 6.72. The van der Waals surface area contributed by atoms with Gasteiger partial charge in [-0.2, -0.15) is 5.06 Å². The van der Waals surface area contributed by atoms with Gasteiger partial charge in [-0.3, -0.25) is 4.84 Å². The van der Waals surface area contributed by atoms with E-state index >= 15 is 0 Å². The summed E-state index contributed by atoms with van der Waals surface area (Å²) in [6.45, 7) is 7.74. The first kappa shape index (κ1) is 19.6. The highest BCUT2D eigenvalue weighted by Crippen LogP contribution is 2.49. The number of benzene rings is 1. The Kier molecular flexibility index (Phi) is 4.39. The lowest BCUT2D eigenvalue weighted by Crippen LogP contribution is -2.56. The van der Waals surface area contributed by atoms with E-state index in [1.165, 1.54) is 5.56 Å². The summed E-state index contributed by atoms with van der Waals surface area (Å²) in [7, 11) is 0. The summed E-state index contributed by atoms with van der Waals surface area (Å²) < 4.78 is 31.2. The van der Waals surface area contributed by atoms with Crippen LogP contribution in [0.25, 0.3) is 0 Å². The van der Waals surface area contributed by atoms with E-state index in [-0.39, 0.29) is 36.6 Å². The molecule has 7 heteroatoms. The van der Waals surface area contributed by atoms with Gasteiger partial charge in [0.15, 0.2) is 17.9 Å². The lowest BCUT2D eigenvalue weighted by Gasteiger charge is -2.40. The number of nitrogens with zero attached hydrogens (tertiary/aromatic N) is 1. The van der Waals surface area contributed by atoms with Gasteiger partial charge >= 0.3 is 0 Å². The predicted octanol–water partition coefficient (Wildman–Crippen LogP) is 3.29. The fraction of sp³-hybridized carbons (Fsp3) is 0.739. The van der Waals surface area contributed by atoms with Crippen molar-refractivity contribution in [1.82, 2.24) is 5.06 Å². The molecular formula is C23H31NO6. The van der Waals surface area contributed by atoms with Crippen molar-refractivity contribution >= 4 is 0 Å². The molecule has 164 valence electrons. The van der Waals surface area contributed by atoms with E-state index < -0.39 is 17.9 Å². The van der Waals surface area contributed by atoms with Crippen LogP contribution in [0.1, 0.15) is 58.6 Å². The van der Waals surface area contributed by atoms with E-state index in [0.717, 1.165) is 19.3 Å². The predicted molar refractivity (Wildman–Crippen MR) is 106 cm³/mol. The Morgan fingerprint density at radius 3 is 2.33 bits per heavy atom. The van der Waals surface area contributed by atoms with Gasteiger partial charge in [-0.1, -0.05) is 30.3 Å². The van der Waals surface area contributed by atoms with Crippen molar-refractivity contribution in [2.75, 3.05) is 0 Å². The molecule has 1 aromatic rings. The minimum Gasteiger partial charge on any atom is -0.344 e. The van der Waals surface area contributed by atoms with Gasteiger partial charge in [0, 0.05) is 6.04 Å². The van der Waals surface area contributed by atoms with Crippen LogP contribution >= 0.6 is 0 Å². The number of rotatable bonds is 3. The van der Waals surface area contributed by atoms with E-state index in [4.69, 9.17) is 28.5 Å². The molecule has 9 atom stereocenters. The Bertz CT molecular complexity index is 800. The van der Waals surface area contributed by atoms with Gasteiger partial charge in [-0.15, -0.1) is 0 Å². The first-order valence-corrected chi connectivity index (χ1v) is 11.1. The average molecular weight is 418 g/mol. The van der Waals surface area contributed by atoms with E-state index in [2.05, 4.69) is 35.4 Å². The molecule has 0 aromatic heterocycles. The molecule has 1 unspecified atom stereocenters. The second-order valence-electron chi connectivity index (χ2n) is 10.1. The summed E-state index contributed by atoms with van der Waals surface area (Å²) in [6, 6.07) is 11.2. The third-order valence-corrected chi connectivity index (χ3v) is 6.90. The van der Waals surface area contributed by atoms with Gasteiger partial charge in [-0.25, -0.2) is 0 Å². The van der Waals surface area contributed by atoms with Crippen LogP contribution in [0.5, 0.6) is 0 Å². The Morgan fingerprint density at radius 2 is 1.57 bits per heavy atom. The number of ether oxygens (including phenoxy) is 5. The smallest absolute Gasteiger partial charge is 0.190 e. The molecule has 6 rings (SSSR count). The van der Waals surface area contributed by atoms with Crippen LogP contribution in [0.3, 0.4) is 0 Å². The Balaban J connectivity index is 1.22. The summed E-state index contributed by atoms with van der Waals surface area (Å²) in [4.78, 5) is 6.22. The maximum Gasteiger partial charge on any atom is 0.190 e. The van der Waals surface area contributed by atoms with Crippen molar-refractivity contribution in [3.8, 4) is 0 Å². The Hall–Kier alpha value is -1.06. The Labute approximate surface area is 177 Å². The molecule has 1 aromatic carbocycles. The number of fused-ring (bicyclic) bond motifs is 5. The van der Waals surface area contributed by atoms with Gasteiger partial charge in [0.1, 0.15) is 18.3 Å². The maximum atomic E-state index is 6.43. The van der Waals surface area contributed by atoms with Crippen LogP contribution in [0.15, 0.2) is 30.3 Å². The maximum absolute atomic E-state index is 6.43. The molecule has 5 aliphatic rings. The van der Waals surface area contributed by atoms with E-state index in [0.29, 0.717) is 6.04 Å². The molecule has 7 nitrogen and oxygen atoms in total. The molecule has 0 saturated carbocycles. The SMILES string of the molecule is CC1(C)O[C@H]2[C@@H](O1)[C@@H](C[C@H]1C[C@@H]3C[C@@H](c4ccccc4)N1O3)O[C@@H]1OC(C)(C)O[C@@H]12. The van der Waals surface area contributed by atoms with Gasteiger partial charge < -0.3 is 23.7 Å². The highest BCUT2D eigenvalue weighted by Gasteiger charge is 2.61. The highest BCUT2D eigenvalue weighted by atomic mass is 16.9. The third kappa shape index (κ3) is 3.23. The molecule has 0 N–H and O–H groups in total. The van der Waals surface area contributed by atoms with E-state index in [1.54, 1.807) is 0 Å². The summed E-state index contributed by atoms with van der Waals surface area (Å²) in [5.41, 5.74) is 1.31. The molecule has 0 radical (unpaired) electrons. The molecule has 0 amide bonds. The fourth-order valence-electron chi connectivity index (χ4n) is 5.84. The highest BCUT2D eigenvalue weighted by molar-refractivity contribution is 5.21. The topological polar surface area (TPSA) is 58.6 Å². The van der Waals surface area contributed by atoms with Crippen molar-refractivity contribution in [3.05, 3.63) is 35.9 Å². The molecule has 5 saturated heterocycles.